The highest BCUT2D eigenvalue weighted by atomic mass is 16.5. The molecule has 0 aliphatic heterocycles. The molecule has 0 bridgehead atoms. The summed E-state index contributed by atoms with van der Waals surface area (Å²) >= 11 is 0. The van der Waals surface area contributed by atoms with Crippen LogP contribution in [0.4, 0.5) is 5.69 Å². The van der Waals surface area contributed by atoms with E-state index in [1.54, 1.807) is 56.3 Å². The van der Waals surface area contributed by atoms with Crippen molar-refractivity contribution in [2.45, 2.75) is 26.8 Å². The number of benzene rings is 2. The fourth-order valence-electron chi connectivity index (χ4n) is 2.75. The standard InChI is InChI=1S/C22H25NO5/c1-4-27-21(25)18(20(24)16-9-7-6-8-10-16)19(22(26)28-5-2)23-17-13-11-15(3)12-14-17/h6-14,18-19,23H,4-5H2,1-3H3. The fraction of sp³-hybridized carbons (Fsp3) is 0.318. The lowest BCUT2D eigenvalue weighted by Gasteiger charge is -2.25. The summed E-state index contributed by atoms with van der Waals surface area (Å²) in [6.07, 6.45) is 0. The third-order valence-corrected chi connectivity index (χ3v) is 4.13. The molecule has 1 N–H and O–H groups in total. The quantitative estimate of drug-likeness (QED) is 0.406. The van der Waals surface area contributed by atoms with Gasteiger partial charge in [0.25, 0.3) is 0 Å². The van der Waals surface area contributed by atoms with Crippen LogP contribution in [0.1, 0.15) is 29.8 Å². The van der Waals surface area contributed by atoms with E-state index in [4.69, 9.17) is 9.47 Å². The Bertz CT molecular complexity index is 801. The lowest BCUT2D eigenvalue weighted by Crippen LogP contribution is -2.46. The van der Waals surface area contributed by atoms with Crippen molar-refractivity contribution in [3.8, 4) is 0 Å². The molecule has 28 heavy (non-hydrogen) atoms. The zero-order valence-corrected chi connectivity index (χ0v) is 16.3. The fourth-order valence-corrected chi connectivity index (χ4v) is 2.75. The van der Waals surface area contributed by atoms with Crippen LogP contribution in [0.5, 0.6) is 0 Å². The number of ether oxygens (including phenoxy) is 2. The summed E-state index contributed by atoms with van der Waals surface area (Å²) in [7, 11) is 0. The van der Waals surface area contributed by atoms with E-state index in [2.05, 4.69) is 5.32 Å². The zero-order chi connectivity index (χ0) is 20.5. The number of ketones is 1. The van der Waals surface area contributed by atoms with Crippen molar-refractivity contribution in [2.75, 3.05) is 18.5 Å². The van der Waals surface area contributed by atoms with Gasteiger partial charge in [-0.25, -0.2) is 4.79 Å². The summed E-state index contributed by atoms with van der Waals surface area (Å²) < 4.78 is 10.2. The first-order valence-corrected chi connectivity index (χ1v) is 9.23. The lowest BCUT2D eigenvalue weighted by molar-refractivity contribution is -0.153. The maximum absolute atomic E-state index is 13.1. The molecule has 2 aromatic rings. The summed E-state index contributed by atoms with van der Waals surface area (Å²) in [4.78, 5) is 38.4. The number of Topliss-reactive ketones (excluding diaryl/α,β-unsaturated/α-hetero) is 1. The highest BCUT2D eigenvalue weighted by Gasteiger charge is 2.41. The molecule has 0 saturated carbocycles. The molecule has 0 fully saturated rings. The molecule has 2 aromatic carbocycles. The maximum Gasteiger partial charge on any atom is 0.329 e. The molecular weight excluding hydrogens is 358 g/mol. The number of hydrogen-bond acceptors (Lipinski definition) is 6. The first-order valence-electron chi connectivity index (χ1n) is 9.23. The molecule has 0 heterocycles. The zero-order valence-electron chi connectivity index (χ0n) is 16.3. The van der Waals surface area contributed by atoms with Crippen LogP contribution in [0.25, 0.3) is 0 Å². The monoisotopic (exact) mass is 383 g/mol. The summed E-state index contributed by atoms with van der Waals surface area (Å²) in [5.41, 5.74) is 1.96. The third-order valence-electron chi connectivity index (χ3n) is 4.13. The lowest BCUT2D eigenvalue weighted by atomic mass is 9.90. The van der Waals surface area contributed by atoms with Crippen LogP contribution in [-0.4, -0.2) is 37.0 Å². The largest absolute Gasteiger partial charge is 0.465 e. The molecule has 2 atom stereocenters. The summed E-state index contributed by atoms with van der Waals surface area (Å²) in [6.45, 7) is 5.47. The van der Waals surface area contributed by atoms with Gasteiger partial charge in [0, 0.05) is 11.3 Å². The number of esters is 2. The number of aryl methyl sites for hydroxylation is 1. The van der Waals surface area contributed by atoms with E-state index < -0.39 is 29.7 Å². The second-order valence-electron chi connectivity index (χ2n) is 6.20. The smallest absolute Gasteiger partial charge is 0.329 e. The number of anilines is 1. The average Bonchev–Trinajstić information content (AvgIpc) is 2.70. The van der Waals surface area contributed by atoms with Gasteiger partial charge < -0.3 is 14.8 Å². The van der Waals surface area contributed by atoms with Crippen molar-refractivity contribution in [2.24, 2.45) is 5.92 Å². The Kier molecular flexibility index (Phi) is 7.75. The molecule has 0 amide bonds. The molecule has 0 aliphatic carbocycles. The van der Waals surface area contributed by atoms with Gasteiger partial charge in [0.15, 0.2) is 11.7 Å². The first kappa shape index (κ1) is 21.2. The van der Waals surface area contributed by atoms with Gasteiger partial charge in [0.1, 0.15) is 6.04 Å². The molecule has 6 heteroatoms. The van der Waals surface area contributed by atoms with Crippen molar-refractivity contribution in [1.29, 1.82) is 0 Å². The SMILES string of the molecule is CCOC(=O)C(Nc1ccc(C)cc1)C(C(=O)OCC)C(=O)c1ccccc1. The van der Waals surface area contributed by atoms with Crippen molar-refractivity contribution in [3.63, 3.8) is 0 Å². The molecule has 148 valence electrons. The van der Waals surface area contributed by atoms with Gasteiger partial charge in [-0.2, -0.15) is 0 Å². The van der Waals surface area contributed by atoms with Crippen molar-refractivity contribution < 1.29 is 23.9 Å². The van der Waals surface area contributed by atoms with Crippen LogP contribution in [0.3, 0.4) is 0 Å². The van der Waals surface area contributed by atoms with Crippen molar-refractivity contribution in [1.82, 2.24) is 0 Å². The first-order chi connectivity index (χ1) is 13.5. The predicted molar refractivity (Wildman–Crippen MR) is 106 cm³/mol. The molecule has 0 radical (unpaired) electrons. The van der Waals surface area contributed by atoms with Crippen LogP contribution in [-0.2, 0) is 19.1 Å². The van der Waals surface area contributed by atoms with Crippen molar-refractivity contribution >= 4 is 23.4 Å². The molecule has 0 aromatic heterocycles. The molecule has 2 unspecified atom stereocenters. The molecule has 6 nitrogen and oxygen atoms in total. The van der Waals surface area contributed by atoms with E-state index in [-0.39, 0.29) is 13.2 Å². The Hall–Kier alpha value is -3.15. The van der Waals surface area contributed by atoms with Crippen LogP contribution in [0.15, 0.2) is 54.6 Å². The molecule has 0 saturated heterocycles. The van der Waals surface area contributed by atoms with Gasteiger partial charge >= 0.3 is 11.9 Å². The highest BCUT2D eigenvalue weighted by Crippen LogP contribution is 2.21. The van der Waals surface area contributed by atoms with E-state index in [1.807, 2.05) is 19.1 Å². The number of carbonyl (C=O) groups excluding carboxylic acids is 3. The molecule has 2 rings (SSSR count). The van der Waals surface area contributed by atoms with Gasteiger partial charge in [-0.3, -0.25) is 9.59 Å². The second-order valence-corrected chi connectivity index (χ2v) is 6.20. The van der Waals surface area contributed by atoms with Crippen LogP contribution in [0.2, 0.25) is 0 Å². The Balaban J connectivity index is 2.43. The summed E-state index contributed by atoms with van der Waals surface area (Å²) in [6, 6.07) is 14.4. The number of nitrogens with one attached hydrogen (secondary N) is 1. The molecule has 0 aliphatic rings. The van der Waals surface area contributed by atoms with Crippen LogP contribution < -0.4 is 5.32 Å². The Morgan fingerprint density at radius 1 is 0.857 bits per heavy atom. The van der Waals surface area contributed by atoms with Crippen molar-refractivity contribution in [3.05, 3.63) is 65.7 Å². The minimum absolute atomic E-state index is 0.0947. The normalized spacial score (nSPS) is 12.5. The van der Waals surface area contributed by atoms with Crippen LogP contribution >= 0.6 is 0 Å². The summed E-state index contributed by atoms with van der Waals surface area (Å²) in [5.74, 6) is -3.33. The molecular formula is C22H25NO5. The third kappa shape index (κ3) is 5.42. The van der Waals surface area contributed by atoms with Gasteiger partial charge in [-0.05, 0) is 32.9 Å². The Labute approximate surface area is 164 Å². The average molecular weight is 383 g/mol. The minimum Gasteiger partial charge on any atom is -0.465 e. The topological polar surface area (TPSA) is 81.7 Å². The molecule has 0 spiro atoms. The van der Waals surface area contributed by atoms with Gasteiger partial charge in [-0.15, -0.1) is 0 Å². The van der Waals surface area contributed by atoms with Gasteiger partial charge in [0.05, 0.1) is 13.2 Å². The number of carbonyl (C=O) groups is 3. The van der Waals surface area contributed by atoms with E-state index in [9.17, 15) is 14.4 Å². The van der Waals surface area contributed by atoms with Gasteiger partial charge in [-0.1, -0.05) is 48.0 Å². The number of hydrogen-bond donors (Lipinski definition) is 1. The Morgan fingerprint density at radius 2 is 1.43 bits per heavy atom. The van der Waals surface area contributed by atoms with E-state index >= 15 is 0 Å². The van der Waals surface area contributed by atoms with E-state index in [0.29, 0.717) is 11.3 Å². The maximum atomic E-state index is 13.1. The highest BCUT2D eigenvalue weighted by molar-refractivity contribution is 6.12. The van der Waals surface area contributed by atoms with E-state index in [1.165, 1.54) is 0 Å². The Morgan fingerprint density at radius 3 is 2.00 bits per heavy atom. The van der Waals surface area contributed by atoms with Crippen LogP contribution in [0, 0.1) is 12.8 Å². The second kappa shape index (κ2) is 10.3. The number of rotatable bonds is 9. The summed E-state index contributed by atoms with van der Waals surface area (Å²) in [5, 5.41) is 2.98. The minimum atomic E-state index is -1.37. The van der Waals surface area contributed by atoms with Gasteiger partial charge in [0.2, 0.25) is 0 Å². The predicted octanol–water partition coefficient (Wildman–Crippen LogP) is 3.40. The van der Waals surface area contributed by atoms with E-state index in [0.717, 1.165) is 5.56 Å².